The Morgan fingerprint density at radius 3 is 2.64 bits per heavy atom. The summed E-state index contributed by atoms with van der Waals surface area (Å²) < 4.78 is 24.8. The summed E-state index contributed by atoms with van der Waals surface area (Å²) in [4.78, 5) is 12.3. The monoisotopic (exact) mass is 413 g/mol. The van der Waals surface area contributed by atoms with Crippen LogP contribution in [0.5, 0.6) is 11.5 Å². The number of halogens is 2. The van der Waals surface area contributed by atoms with Crippen LogP contribution in [-0.2, 0) is 0 Å². The molecule has 0 unspecified atom stereocenters. The van der Waals surface area contributed by atoms with Crippen LogP contribution in [0.15, 0.2) is 36.4 Å². The summed E-state index contributed by atoms with van der Waals surface area (Å²) in [7, 11) is 0. The summed E-state index contributed by atoms with van der Waals surface area (Å²) in [5.74, 6) is 0.631. The molecule has 1 N–H and O–H groups in total. The van der Waals surface area contributed by atoms with E-state index in [1.54, 1.807) is 18.2 Å². The molecule has 0 saturated carbocycles. The molecule has 0 aromatic heterocycles. The normalized spacial score (nSPS) is 13.4. The summed E-state index contributed by atoms with van der Waals surface area (Å²) in [6, 6.07) is 9.31. The fraction of sp³-hybridized carbons (Fsp3) is 0.188. The van der Waals surface area contributed by atoms with E-state index in [2.05, 4.69) is 5.32 Å². The molecule has 4 nitrogen and oxygen atoms in total. The SMILES string of the molecule is O=C(Nc1ccc2c(c1)OCCCO2)c1ccc(F)cc1I. The molecule has 3 rings (SSSR count). The Hall–Kier alpha value is -1.83. The quantitative estimate of drug-likeness (QED) is 0.762. The Balaban J connectivity index is 1.80. The first-order valence-corrected chi connectivity index (χ1v) is 7.87. The van der Waals surface area contributed by atoms with Crippen molar-refractivity contribution in [3.8, 4) is 11.5 Å². The molecular weight excluding hydrogens is 400 g/mol. The highest BCUT2D eigenvalue weighted by molar-refractivity contribution is 14.1. The number of ether oxygens (including phenoxy) is 2. The molecule has 114 valence electrons. The lowest BCUT2D eigenvalue weighted by Gasteiger charge is -2.11. The van der Waals surface area contributed by atoms with Crippen LogP contribution in [0, 0.1) is 9.39 Å². The molecule has 1 amide bonds. The van der Waals surface area contributed by atoms with Crippen LogP contribution < -0.4 is 14.8 Å². The van der Waals surface area contributed by atoms with Gasteiger partial charge in [-0.3, -0.25) is 4.79 Å². The average Bonchev–Trinajstić information content (AvgIpc) is 2.71. The molecule has 0 aliphatic carbocycles. The topological polar surface area (TPSA) is 47.6 Å². The molecule has 1 aliphatic heterocycles. The molecular formula is C16H13FINO3. The number of hydrogen-bond acceptors (Lipinski definition) is 3. The predicted molar refractivity (Wildman–Crippen MR) is 89.1 cm³/mol. The summed E-state index contributed by atoms with van der Waals surface area (Å²) in [5, 5.41) is 2.79. The van der Waals surface area contributed by atoms with Gasteiger partial charge in [-0.2, -0.15) is 0 Å². The van der Waals surface area contributed by atoms with E-state index >= 15 is 0 Å². The highest BCUT2D eigenvalue weighted by Gasteiger charge is 2.14. The van der Waals surface area contributed by atoms with E-state index in [1.165, 1.54) is 18.2 Å². The molecule has 0 atom stereocenters. The van der Waals surface area contributed by atoms with Gasteiger partial charge in [-0.1, -0.05) is 0 Å². The third-order valence-electron chi connectivity index (χ3n) is 3.18. The summed E-state index contributed by atoms with van der Waals surface area (Å²) in [6.07, 6.45) is 0.824. The summed E-state index contributed by atoms with van der Waals surface area (Å²) in [5.41, 5.74) is 1.03. The second kappa shape index (κ2) is 6.51. The van der Waals surface area contributed by atoms with Gasteiger partial charge < -0.3 is 14.8 Å². The van der Waals surface area contributed by atoms with Crippen molar-refractivity contribution in [2.45, 2.75) is 6.42 Å². The first-order chi connectivity index (χ1) is 10.6. The van der Waals surface area contributed by atoms with Gasteiger partial charge in [-0.15, -0.1) is 0 Å². The maximum Gasteiger partial charge on any atom is 0.256 e. The smallest absolute Gasteiger partial charge is 0.256 e. The van der Waals surface area contributed by atoms with Crippen LogP contribution >= 0.6 is 22.6 Å². The molecule has 0 saturated heterocycles. The lowest BCUT2D eigenvalue weighted by atomic mass is 10.2. The Morgan fingerprint density at radius 2 is 1.86 bits per heavy atom. The van der Waals surface area contributed by atoms with Crippen molar-refractivity contribution in [3.05, 3.63) is 51.3 Å². The highest BCUT2D eigenvalue weighted by atomic mass is 127. The first-order valence-electron chi connectivity index (χ1n) is 6.79. The van der Waals surface area contributed by atoms with Gasteiger partial charge in [0.05, 0.1) is 18.8 Å². The first kappa shape index (κ1) is 15.1. The largest absolute Gasteiger partial charge is 0.490 e. The van der Waals surface area contributed by atoms with Crippen molar-refractivity contribution in [2.75, 3.05) is 18.5 Å². The third kappa shape index (κ3) is 3.32. The summed E-state index contributed by atoms with van der Waals surface area (Å²) in [6.45, 7) is 1.20. The van der Waals surface area contributed by atoms with E-state index in [1.807, 2.05) is 22.6 Å². The van der Waals surface area contributed by atoms with Crippen LogP contribution in [0.2, 0.25) is 0 Å². The maximum absolute atomic E-state index is 13.1. The number of benzene rings is 2. The Kier molecular flexibility index (Phi) is 4.47. The van der Waals surface area contributed by atoms with E-state index in [9.17, 15) is 9.18 Å². The molecule has 1 aliphatic rings. The zero-order valence-corrected chi connectivity index (χ0v) is 13.7. The van der Waals surface area contributed by atoms with Crippen LogP contribution in [0.3, 0.4) is 0 Å². The second-order valence-corrected chi connectivity index (χ2v) is 5.95. The molecule has 0 bridgehead atoms. The number of nitrogens with one attached hydrogen (secondary N) is 1. The number of fused-ring (bicyclic) bond motifs is 1. The van der Waals surface area contributed by atoms with Crippen LogP contribution in [0.4, 0.5) is 10.1 Å². The highest BCUT2D eigenvalue weighted by Crippen LogP contribution is 2.32. The Labute approximate surface area is 140 Å². The van der Waals surface area contributed by atoms with Gasteiger partial charge in [0.2, 0.25) is 0 Å². The van der Waals surface area contributed by atoms with Gasteiger partial charge in [0.15, 0.2) is 11.5 Å². The molecule has 0 fully saturated rings. The van der Waals surface area contributed by atoms with Crippen molar-refractivity contribution in [1.29, 1.82) is 0 Å². The fourth-order valence-electron chi connectivity index (χ4n) is 2.11. The van der Waals surface area contributed by atoms with Gasteiger partial charge in [0, 0.05) is 21.7 Å². The van der Waals surface area contributed by atoms with Crippen LogP contribution in [0.1, 0.15) is 16.8 Å². The molecule has 6 heteroatoms. The van der Waals surface area contributed by atoms with E-state index in [0.29, 0.717) is 39.5 Å². The average molecular weight is 413 g/mol. The van der Waals surface area contributed by atoms with Crippen LogP contribution in [-0.4, -0.2) is 19.1 Å². The second-order valence-electron chi connectivity index (χ2n) is 4.79. The minimum atomic E-state index is -0.364. The van der Waals surface area contributed by atoms with E-state index in [0.717, 1.165) is 6.42 Å². The predicted octanol–water partition coefficient (Wildman–Crippen LogP) is 3.84. The lowest BCUT2D eigenvalue weighted by Crippen LogP contribution is -2.13. The van der Waals surface area contributed by atoms with E-state index in [4.69, 9.17) is 9.47 Å². The van der Waals surface area contributed by atoms with Crippen molar-refractivity contribution in [1.82, 2.24) is 0 Å². The van der Waals surface area contributed by atoms with Crippen molar-refractivity contribution in [3.63, 3.8) is 0 Å². The van der Waals surface area contributed by atoms with Crippen molar-refractivity contribution < 1.29 is 18.7 Å². The fourth-order valence-corrected chi connectivity index (χ4v) is 2.84. The number of carbonyl (C=O) groups excluding carboxylic acids is 1. The van der Waals surface area contributed by atoms with Gasteiger partial charge >= 0.3 is 0 Å². The molecule has 2 aromatic rings. The zero-order valence-electron chi connectivity index (χ0n) is 11.6. The lowest BCUT2D eigenvalue weighted by molar-refractivity contribution is 0.102. The molecule has 2 aromatic carbocycles. The number of anilines is 1. The molecule has 0 radical (unpaired) electrons. The van der Waals surface area contributed by atoms with Gasteiger partial charge in [-0.05, 0) is 52.9 Å². The number of carbonyl (C=O) groups is 1. The molecule has 1 heterocycles. The van der Waals surface area contributed by atoms with E-state index in [-0.39, 0.29) is 11.7 Å². The van der Waals surface area contributed by atoms with Gasteiger partial charge in [0.25, 0.3) is 5.91 Å². The number of rotatable bonds is 2. The molecule has 22 heavy (non-hydrogen) atoms. The standard InChI is InChI=1S/C16H13FINO3/c17-10-2-4-12(13(18)8-10)16(20)19-11-3-5-14-15(9-11)22-7-1-6-21-14/h2-5,8-9H,1,6-7H2,(H,19,20). The van der Waals surface area contributed by atoms with E-state index < -0.39 is 0 Å². The minimum Gasteiger partial charge on any atom is -0.490 e. The van der Waals surface area contributed by atoms with Gasteiger partial charge in [0.1, 0.15) is 5.82 Å². The number of hydrogen-bond donors (Lipinski definition) is 1. The Morgan fingerprint density at radius 1 is 1.09 bits per heavy atom. The maximum atomic E-state index is 13.1. The summed E-state index contributed by atoms with van der Waals surface area (Å²) >= 11 is 1.94. The zero-order chi connectivity index (χ0) is 15.5. The van der Waals surface area contributed by atoms with Crippen LogP contribution in [0.25, 0.3) is 0 Å². The van der Waals surface area contributed by atoms with Gasteiger partial charge in [-0.25, -0.2) is 4.39 Å². The third-order valence-corrected chi connectivity index (χ3v) is 4.07. The molecule has 0 spiro atoms. The Bertz CT molecular complexity index is 721. The van der Waals surface area contributed by atoms with Crippen molar-refractivity contribution >= 4 is 34.2 Å². The minimum absolute atomic E-state index is 0.293. The number of amides is 1. The van der Waals surface area contributed by atoms with Crippen molar-refractivity contribution in [2.24, 2.45) is 0 Å².